The Morgan fingerprint density at radius 2 is 2.03 bits per heavy atom. The molecule has 0 fully saturated rings. The van der Waals surface area contributed by atoms with Gasteiger partial charge in [-0.3, -0.25) is 14.5 Å². The number of benzene rings is 2. The predicted molar refractivity (Wildman–Crippen MR) is 146 cm³/mol. The molecule has 0 spiro atoms. The zero-order valence-electron chi connectivity index (χ0n) is 20.4. The van der Waals surface area contributed by atoms with Crippen LogP contribution >= 0.6 is 23.1 Å². The number of Topliss-reactive ketones (excluding diaryl/α,β-unsaturated/α-hetero) is 1. The molecule has 5 rings (SSSR count). The van der Waals surface area contributed by atoms with E-state index in [2.05, 4.69) is 28.9 Å². The van der Waals surface area contributed by atoms with E-state index in [1.54, 1.807) is 36.4 Å². The van der Waals surface area contributed by atoms with Crippen molar-refractivity contribution in [2.24, 2.45) is 0 Å². The Hall–Kier alpha value is -4.15. The van der Waals surface area contributed by atoms with E-state index in [4.69, 9.17) is 9.15 Å². The highest BCUT2D eigenvalue weighted by molar-refractivity contribution is 8.00. The molecule has 1 aliphatic rings. The Labute approximate surface area is 227 Å². The Bertz CT molecular complexity index is 1510. The first-order chi connectivity index (χ1) is 18.5. The van der Waals surface area contributed by atoms with Crippen molar-refractivity contribution in [2.45, 2.75) is 23.1 Å². The Morgan fingerprint density at radius 1 is 1.21 bits per heavy atom. The van der Waals surface area contributed by atoms with Crippen LogP contribution < -0.4 is 9.64 Å². The van der Waals surface area contributed by atoms with Gasteiger partial charge in [0.1, 0.15) is 12.4 Å². The maximum atomic E-state index is 13.4. The molecule has 1 N–H and O–H groups in total. The summed E-state index contributed by atoms with van der Waals surface area (Å²) in [5, 5.41) is 19.7. The van der Waals surface area contributed by atoms with Crippen LogP contribution in [0.2, 0.25) is 0 Å². The normalized spacial score (nSPS) is 15.2. The van der Waals surface area contributed by atoms with Gasteiger partial charge in [0.05, 0.1) is 17.9 Å². The van der Waals surface area contributed by atoms with Crippen LogP contribution in [0.1, 0.15) is 33.3 Å². The second-order valence-electron chi connectivity index (χ2n) is 8.44. The topological polar surface area (TPSA) is 106 Å². The molecule has 0 aliphatic carbocycles. The van der Waals surface area contributed by atoms with Crippen molar-refractivity contribution in [3.05, 3.63) is 113 Å². The minimum atomic E-state index is -0.963. The zero-order valence-corrected chi connectivity index (χ0v) is 22.0. The molecule has 8 nitrogen and oxygen atoms in total. The van der Waals surface area contributed by atoms with Gasteiger partial charge < -0.3 is 14.3 Å². The van der Waals surface area contributed by atoms with Crippen molar-refractivity contribution >= 4 is 39.9 Å². The number of amides is 1. The third kappa shape index (κ3) is 5.13. The van der Waals surface area contributed by atoms with Crippen LogP contribution in [0.4, 0.5) is 5.13 Å². The van der Waals surface area contributed by atoms with Crippen LogP contribution in [0.5, 0.6) is 5.75 Å². The van der Waals surface area contributed by atoms with Gasteiger partial charge in [0, 0.05) is 5.75 Å². The van der Waals surface area contributed by atoms with Gasteiger partial charge >= 0.3 is 0 Å². The number of ketones is 1. The van der Waals surface area contributed by atoms with E-state index in [1.807, 2.05) is 19.1 Å². The fourth-order valence-corrected chi connectivity index (χ4v) is 5.83. The van der Waals surface area contributed by atoms with Gasteiger partial charge in [-0.15, -0.1) is 10.2 Å². The largest absolute Gasteiger partial charge is 0.503 e. The minimum Gasteiger partial charge on any atom is -0.503 e. The van der Waals surface area contributed by atoms with Crippen LogP contribution in [0, 0.1) is 6.92 Å². The summed E-state index contributed by atoms with van der Waals surface area (Å²) in [4.78, 5) is 28.1. The lowest BCUT2D eigenvalue weighted by Gasteiger charge is -2.24. The number of thioether (sulfide) groups is 1. The Kier molecular flexibility index (Phi) is 7.43. The molecule has 0 saturated heterocycles. The molecule has 2 aromatic heterocycles. The number of aliphatic hydroxyl groups is 1. The second kappa shape index (κ2) is 11.1. The molecule has 192 valence electrons. The molecule has 1 amide bonds. The van der Waals surface area contributed by atoms with Gasteiger partial charge in [-0.25, -0.2) is 0 Å². The van der Waals surface area contributed by atoms with Crippen LogP contribution in [0.15, 0.2) is 99.7 Å². The van der Waals surface area contributed by atoms with E-state index >= 15 is 0 Å². The molecule has 1 unspecified atom stereocenters. The van der Waals surface area contributed by atoms with Gasteiger partial charge in [-0.05, 0) is 42.3 Å². The number of hydrogen-bond donors (Lipinski definition) is 1. The van der Waals surface area contributed by atoms with Crippen molar-refractivity contribution in [1.29, 1.82) is 0 Å². The fourth-order valence-electron chi connectivity index (χ4n) is 4.01. The summed E-state index contributed by atoms with van der Waals surface area (Å²) in [6.07, 6.45) is 2.98. The van der Waals surface area contributed by atoms with Crippen LogP contribution in [0.3, 0.4) is 0 Å². The molecule has 0 saturated carbocycles. The molecule has 1 atom stereocenters. The summed E-state index contributed by atoms with van der Waals surface area (Å²) in [5.41, 5.74) is 2.77. The van der Waals surface area contributed by atoms with E-state index in [9.17, 15) is 14.7 Å². The van der Waals surface area contributed by atoms with Crippen molar-refractivity contribution in [2.75, 3.05) is 11.5 Å². The van der Waals surface area contributed by atoms with E-state index in [-0.39, 0.29) is 23.1 Å². The Balaban J connectivity index is 1.49. The maximum Gasteiger partial charge on any atom is 0.296 e. The molecule has 1 aliphatic heterocycles. The first kappa shape index (κ1) is 25.5. The van der Waals surface area contributed by atoms with Gasteiger partial charge in [-0.2, -0.15) is 0 Å². The van der Waals surface area contributed by atoms with Crippen molar-refractivity contribution in [3.63, 3.8) is 0 Å². The lowest BCUT2D eigenvalue weighted by atomic mass is 9.95. The summed E-state index contributed by atoms with van der Waals surface area (Å²) in [6, 6.07) is 17.3. The smallest absolute Gasteiger partial charge is 0.296 e. The molecule has 4 aromatic rings. The number of aliphatic hydroxyl groups excluding tert-OH is 1. The van der Waals surface area contributed by atoms with E-state index in [0.29, 0.717) is 21.4 Å². The number of carbonyl (C=O) groups excluding carboxylic acids is 2. The summed E-state index contributed by atoms with van der Waals surface area (Å²) in [5.74, 6) is -0.772. The highest BCUT2D eigenvalue weighted by Crippen LogP contribution is 2.44. The van der Waals surface area contributed by atoms with Gasteiger partial charge in [0.15, 0.2) is 15.9 Å². The highest BCUT2D eigenvalue weighted by atomic mass is 32.2. The van der Waals surface area contributed by atoms with Crippen LogP contribution in [0.25, 0.3) is 0 Å². The highest BCUT2D eigenvalue weighted by Gasteiger charge is 2.46. The van der Waals surface area contributed by atoms with Crippen molar-refractivity contribution < 1.29 is 23.8 Å². The number of aryl methyl sites for hydroxylation is 1. The number of ether oxygens (including phenoxy) is 1. The summed E-state index contributed by atoms with van der Waals surface area (Å²) in [6.45, 7) is 5.98. The lowest BCUT2D eigenvalue weighted by Crippen LogP contribution is -2.31. The minimum absolute atomic E-state index is 0.0110. The number of hydrogen-bond acceptors (Lipinski definition) is 9. The number of anilines is 1. The average molecular weight is 546 g/mol. The van der Waals surface area contributed by atoms with Crippen molar-refractivity contribution in [1.82, 2.24) is 10.2 Å². The molecule has 38 heavy (non-hydrogen) atoms. The van der Waals surface area contributed by atoms with E-state index in [0.717, 1.165) is 5.56 Å². The number of rotatable bonds is 10. The summed E-state index contributed by atoms with van der Waals surface area (Å²) >= 11 is 2.71. The molecule has 3 heterocycles. The third-order valence-corrected chi connectivity index (χ3v) is 7.95. The summed E-state index contributed by atoms with van der Waals surface area (Å²) in [7, 11) is 0. The van der Waals surface area contributed by atoms with E-state index < -0.39 is 23.5 Å². The number of furan rings is 1. The standard InChI is InChI=1S/C28H23N3O5S2/c1-3-13-35-20-7-4-6-19(15-20)23-22(24(32)21-8-5-14-36-21)25(33)26(34)31(23)27-29-30-28(38-27)37-16-18-11-9-17(2)10-12-18/h3-12,14-15,23,33H,1,13,16H2,2H3. The van der Waals surface area contributed by atoms with Gasteiger partial charge in [0.25, 0.3) is 5.91 Å². The quantitative estimate of drug-likeness (QED) is 0.111. The first-order valence-corrected chi connectivity index (χ1v) is 13.5. The monoisotopic (exact) mass is 545 g/mol. The number of nitrogens with zero attached hydrogens (tertiary/aromatic N) is 3. The van der Waals surface area contributed by atoms with Crippen molar-refractivity contribution in [3.8, 4) is 5.75 Å². The van der Waals surface area contributed by atoms with Crippen LogP contribution in [-0.4, -0.2) is 33.6 Å². The Morgan fingerprint density at radius 3 is 2.76 bits per heavy atom. The van der Waals surface area contributed by atoms with Gasteiger partial charge in [0.2, 0.25) is 10.9 Å². The SMILES string of the molecule is C=CCOc1cccc(C2C(C(=O)c3ccco3)=C(O)C(=O)N2c2nnc(SCc3ccc(C)cc3)s2)c1. The molecule has 10 heteroatoms. The molecule has 2 aromatic carbocycles. The maximum absolute atomic E-state index is 13.4. The molecule has 0 bridgehead atoms. The lowest BCUT2D eigenvalue weighted by molar-refractivity contribution is -0.117. The first-order valence-electron chi connectivity index (χ1n) is 11.7. The number of carbonyl (C=O) groups is 2. The molecular weight excluding hydrogens is 522 g/mol. The molecular formula is C28H23N3O5S2. The number of aromatic nitrogens is 2. The van der Waals surface area contributed by atoms with Crippen LogP contribution in [-0.2, 0) is 10.5 Å². The fraction of sp³-hybridized carbons (Fsp3) is 0.143. The van der Waals surface area contributed by atoms with Gasteiger partial charge in [-0.1, -0.05) is 77.7 Å². The van der Waals surface area contributed by atoms with E-state index in [1.165, 1.54) is 45.9 Å². The predicted octanol–water partition coefficient (Wildman–Crippen LogP) is 6.08. The third-order valence-electron chi connectivity index (χ3n) is 5.82. The summed E-state index contributed by atoms with van der Waals surface area (Å²) < 4.78 is 11.6. The zero-order chi connectivity index (χ0) is 26.6. The average Bonchev–Trinajstić information content (AvgIpc) is 3.68. The second-order valence-corrected chi connectivity index (χ2v) is 10.6. The molecule has 0 radical (unpaired) electrons.